The van der Waals surface area contributed by atoms with E-state index in [-0.39, 0.29) is 13.0 Å². The number of nitrogens with one attached hydrogen (secondary N) is 1. The van der Waals surface area contributed by atoms with E-state index in [1.165, 1.54) is 6.92 Å². The van der Waals surface area contributed by atoms with Gasteiger partial charge in [0.05, 0.1) is 13.0 Å². The van der Waals surface area contributed by atoms with Gasteiger partial charge in [-0.25, -0.2) is 0 Å². The summed E-state index contributed by atoms with van der Waals surface area (Å²) >= 11 is 5.80. The molecule has 1 N–H and O–H groups in total. The van der Waals surface area contributed by atoms with Crippen LogP contribution in [-0.2, 0) is 14.3 Å². The average molecular weight is 376 g/mol. The van der Waals surface area contributed by atoms with E-state index in [9.17, 15) is 9.59 Å². The fraction of sp³-hybridized carbons (Fsp3) is 0.300. The van der Waals surface area contributed by atoms with Crippen molar-refractivity contribution in [2.45, 2.75) is 33.3 Å². The molecule has 2 aromatic carbocycles. The zero-order valence-corrected chi connectivity index (χ0v) is 15.8. The lowest BCUT2D eigenvalue weighted by Gasteiger charge is -2.14. The zero-order valence-electron chi connectivity index (χ0n) is 15.0. The van der Waals surface area contributed by atoms with E-state index in [2.05, 4.69) is 5.32 Å². The number of hydrogen-bond donors (Lipinski definition) is 1. The van der Waals surface area contributed by atoms with Crippen molar-refractivity contribution in [3.05, 3.63) is 58.6 Å². The smallest absolute Gasteiger partial charge is 0.310 e. The molecule has 2 aromatic rings. The van der Waals surface area contributed by atoms with Crippen molar-refractivity contribution < 1.29 is 19.1 Å². The highest BCUT2D eigenvalue weighted by Gasteiger charge is 2.18. The second-order valence-electron chi connectivity index (χ2n) is 6.00. The van der Waals surface area contributed by atoms with Gasteiger partial charge in [0.2, 0.25) is 0 Å². The SMILES string of the molecule is Cc1ccc(C)c(OCCC(=O)O[C@H](C)C(=O)Nc2ccc(Cl)cc2)c1. The van der Waals surface area contributed by atoms with Crippen molar-refractivity contribution in [1.82, 2.24) is 0 Å². The number of hydrogen-bond acceptors (Lipinski definition) is 4. The third kappa shape index (κ3) is 6.08. The average Bonchev–Trinajstić information content (AvgIpc) is 2.59. The molecule has 5 nitrogen and oxygen atoms in total. The van der Waals surface area contributed by atoms with Crippen LogP contribution in [0.15, 0.2) is 42.5 Å². The molecule has 2 rings (SSSR count). The Kier molecular flexibility index (Phi) is 7.04. The fourth-order valence-corrected chi connectivity index (χ4v) is 2.32. The third-order valence-corrected chi connectivity index (χ3v) is 3.95. The molecule has 0 aliphatic heterocycles. The van der Waals surface area contributed by atoms with Crippen molar-refractivity contribution >= 4 is 29.2 Å². The number of aryl methyl sites for hydroxylation is 2. The number of anilines is 1. The predicted molar refractivity (Wildman–Crippen MR) is 102 cm³/mol. The fourth-order valence-electron chi connectivity index (χ4n) is 2.19. The summed E-state index contributed by atoms with van der Waals surface area (Å²) in [5, 5.41) is 3.24. The molecule has 0 unspecified atom stereocenters. The Morgan fingerprint density at radius 1 is 1.12 bits per heavy atom. The normalized spacial score (nSPS) is 11.5. The Morgan fingerprint density at radius 3 is 2.50 bits per heavy atom. The maximum Gasteiger partial charge on any atom is 0.310 e. The van der Waals surface area contributed by atoms with Gasteiger partial charge in [-0.3, -0.25) is 9.59 Å². The van der Waals surface area contributed by atoms with Crippen LogP contribution in [0.25, 0.3) is 0 Å². The van der Waals surface area contributed by atoms with E-state index < -0.39 is 18.0 Å². The molecule has 1 atom stereocenters. The highest BCUT2D eigenvalue weighted by atomic mass is 35.5. The molecule has 0 saturated carbocycles. The predicted octanol–water partition coefficient (Wildman–Crippen LogP) is 4.30. The topological polar surface area (TPSA) is 64.6 Å². The molecule has 26 heavy (non-hydrogen) atoms. The van der Waals surface area contributed by atoms with Gasteiger partial charge in [0.25, 0.3) is 5.91 Å². The summed E-state index contributed by atoms with van der Waals surface area (Å²) in [6.07, 6.45) is -0.842. The molecule has 0 heterocycles. The van der Waals surface area contributed by atoms with Gasteiger partial charge in [-0.2, -0.15) is 0 Å². The lowest BCUT2D eigenvalue weighted by Crippen LogP contribution is -2.30. The van der Waals surface area contributed by atoms with Crippen LogP contribution >= 0.6 is 11.6 Å². The van der Waals surface area contributed by atoms with Gasteiger partial charge < -0.3 is 14.8 Å². The summed E-state index contributed by atoms with van der Waals surface area (Å²) < 4.78 is 10.8. The molecule has 1 amide bonds. The standard InChI is InChI=1S/C20H22ClNO4/c1-13-4-5-14(2)18(12-13)25-11-10-19(23)26-15(3)20(24)22-17-8-6-16(21)7-9-17/h4-9,12,15H,10-11H2,1-3H3,(H,22,24)/t15-/m1/s1. The second kappa shape index (κ2) is 9.25. The van der Waals surface area contributed by atoms with Crippen LogP contribution in [0.2, 0.25) is 5.02 Å². The minimum atomic E-state index is -0.904. The maximum absolute atomic E-state index is 12.1. The summed E-state index contributed by atoms with van der Waals surface area (Å²) in [5.74, 6) is -0.156. The van der Waals surface area contributed by atoms with E-state index in [1.807, 2.05) is 32.0 Å². The Bertz CT molecular complexity index is 774. The molecule has 0 spiro atoms. The van der Waals surface area contributed by atoms with Crippen LogP contribution in [0.4, 0.5) is 5.69 Å². The molecule has 0 aliphatic rings. The number of amides is 1. The van der Waals surface area contributed by atoms with Crippen LogP contribution < -0.4 is 10.1 Å². The van der Waals surface area contributed by atoms with Gasteiger partial charge in [0.1, 0.15) is 5.75 Å². The quantitative estimate of drug-likeness (QED) is 0.733. The molecule has 0 aromatic heterocycles. The van der Waals surface area contributed by atoms with Crippen LogP contribution in [0.3, 0.4) is 0 Å². The minimum Gasteiger partial charge on any atom is -0.493 e. The number of halogens is 1. The van der Waals surface area contributed by atoms with Crippen molar-refractivity contribution in [2.24, 2.45) is 0 Å². The van der Waals surface area contributed by atoms with Crippen LogP contribution in [0.1, 0.15) is 24.5 Å². The van der Waals surface area contributed by atoms with E-state index >= 15 is 0 Å². The van der Waals surface area contributed by atoms with Gasteiger partial charge in [0, 0.05) is 10.7 Å². The first-order chi connectivity index (χ1) is 12.3. The molecular weight excluding hydrogens is 354 g/mol. The van der Waals surface area contributed by atoms with Crippen LogP contribution in [0.5, 0.6) is 5.75 Å². The maximum atomic E-state index is 12.1. The Hall–Kier alpha value is -2.53. The Balaban J connectivity index is 1.76. The van der Waals surface area contributed by atoms with Gasteiger partial charge in [-0.05, 0) is 62.2 Å². The summed E-state index contributed by atoms with van der Waals surface area (Å²) in [7, 11) is 0. The Labute approximate surface area is 158 Å². The largest absolute Gasteiger partial charge is 0.493 e. The summed E-state index contributed by atoms with van der Waals surface area (Å²) in [6.45, 7) is 5.63. The molecule has 0 bridgehead atoms. The van der Waals surface area contributed by atoms with Crippen molar-refractivity contribution in [3.8, 4) is 5.75 Å². The summed E-state index contributed by atoms with van der Waals surface area (Å²) in [4.78, 5) is 24.0. The zero-order chi connectivity index (χ0) is 19.1. The number of carbonyl (C=O) groups is 2. The summed E-state index contributed by atoms with van der Waals surface area (Å²) in [5.41, 5.74) is 2.67. The lowest BCUT2D eigenvalue weighted by atomic mass is 10.1. The highest BCUT2D eigenvalue weighted by molar-refractivity contribution is 6.30. The highest BCUT2D eigenvalue weighted by Crippen LogP contribution is 2.19. The lowest BCUT2D eigenvalue weighted by molar-refractivity contribution is -0.153. The second-order valence-corrected chi connectivity index (χ2v) is 6.43. The molecule has 0 saturated heterocycles. The molecule has 0 radical (unpaired) electrons. The van der Waals surface area contributed by atoms with Gasteiger partial charge in [-0.15, -0.1) is 0 Å². The van der Waals surface area contributed by atoms with Crippen molar-refractivity contribution in [1.29, 1.82) is 0 Å². The van der Waals surface area contributed by atoms with Gasteiger partial charge in [-0.1, -0.05) is 23.7 Å². The van der Waals surface area contributed by atoms with Crippen molar-refractivity contribution in [3.63, 3.8) is 0 Å². The van der Waals surface area contributed by atoms with Gasteiger partial charge >= 0.3 is 5.97 Å². The molecule has 6 heteroatoms. The molecule has 0 fully saturated rings. The first kappa shape index (κ1) is 19.8. The minimum absolute atomic E-state index is 0.0615. The number of benzene rings is 2. The van der Waals surface area contributed by atoms with Gasteiger partial charge in [0.15, 0.2) is 6.10 Å². The monoisotopic (exact) mass is 375 g/mol. The molecular formula is C20H22ClNO4. The van der Waals surface area contributed by atoms with E-state index in [0.29, 0.717) is 10.7 Å². The number of ether oxygens (including phenoxy) is 2. The van der Waals surface area contributed by atoms with Crippen LogP contribution in [0, 0.1) is 13.8 Å². The van der Waals surface area contributed by atoms with E-state index in [0.717, 1.165) is 16.9 Å². The Morgan fingerprint density at radius 2 is 1.81 bits per heavy atom. The number of esters is 1. The first-order valence-corrected chi connectivity index (χ1v) is 8.69. The first-order valence-electron chi connectivity index (χ1n) is 8.31. The number of carbonyl (C=O) groups excluding carboxylic acids is 2. The van der Waals surface area contributed by atoms with E-state index in [4.69, 9.17) is 21.1 Å². The molecule has 138 valence electrons. The van der Waals surface area contributed by atoms with Crippen LogP contribution in [-0.4, -0.2) is 24.6 Å². The molecule has 0 aliphatic carbocycles. The third-order valence-electron chi connectivity index (χ3n) is 3.70. The number of rotatable bonds is 7. The van der Waals surface area contributed by atoms with E-state index in [1.54, 1.807) is 24.3 Å². The summed E-state index contributed by atoms with van der Waals surface area (Å²) in [6, 6.07) is 12.6. The van der Waals surface area contributed by atoms with Crippen molar-refractivity contribution in [2.75, 3.05) is 11.9 Å².